The maximum atomic E-state index is 4.67. The molecule has 0 saturated carbocycles. The Bertz CT molecular complexity index is 473. The van der Waals surface area contributed by atoms with E-state index in [1.54, 1.807) is 11.3 Å². The lowest BCUT2D eigenvalue weighted by Gasteiger charge is -2.00. The van der Waals surface area contributed by atoms with Crippen LogP contribution in [0.2, 0.25) is 0 Å². The van der Waals surface area contributed by atoms with Gasteiger partial charge in [0.25, 0.3) is 0 Å². The molecule has 0 amide bonds. The van der Waals surface area contributed by atoms with Crippen molar-refractivity contribution in [2.75, 3.05) is 13.6 Å². The molecule has 96 valence electrons. The van der Waals surface area contributed by atoms with Crippen LogP contribution in [0.1, 0.15) is 23.9 Å². The molecule has 18 heavy (non-hydrogen) atoms. The molecule has 2 nitrogen and oxygen atoms in total. The molecule has 2 aromatic rings. The van der Waals surface area contributed by atoms with Crippen LogP contribution in [0.5, 0.6) is 0 Å². The molecular formula is C15H20N2S. The normalized spacial score (nSPS) is 10.8. The van der Waals surface area contributed by atoms with Gasteiger partial charge >= 0.3 is 0 Å². The predicted molar refractivity (Wildman–Crippen MR) is 79.2 cm³/mol. The van der Waals surface area contributed by atoms with Crippen molar-refractivity contribution in [3.63, 3.8) is 0 Å². The minimum atomic E-state index is 0.988. The van der Waals surface area contributed by atoms with Gasteiger partial charge in [0.1, 0.15) is 0 Å². The van der Waals surface area contributed by atoms with Crippen molar-refractivity contribution >= 4 is 11.3 Å². The van der Waals surface area contributed by atoms with E-state index in [1.165, 1.54) is 22.6 Å². The zero-order valence-electron chi connectivity index (χ0n) is 11.1. The van der Waals surface area contributed by atoms with Crippen LogP contribution in [0.15, 0.2) is 29.6 Å². The summed E-state index contributed by atoms with van der Waals surface area (Å²) >= 11 is 1.75. The SMILES string of the molecule is CCCc1ccc(-c2csc(CCNC)n2)cc1. The summed E-state index contributed by atoms with van der Waals surface area (Å²) in [5.41, 5.74) is 3.74. The number of likely N-dealkylation sites (N-methyl/N-ethyl adjacent to an activating group) is 1. The van der Waals surface area contributed by atoms with Crippen LogP contribution in [0.4, 0.5) is 0 Å². The number of nitrogens with one attached hydrogen (secondary N) is 1. The zero-order valence-corrected chi connectivity index (χ0v) is 11.9. The molecule has 0 bridgehead atoms. The number of hydrogen-bond acceptors (Lipinski definition) is 3. The smallest absolute Gasteiger partial charge is 0.0945 e. The van der Waals surface area contributed by atoms with Gasteiger partial charge in [-0.15, -0.1) is 11.3 Å². The molecule has 1 aromatic carbocycles. The van der Waals surface area contributed by atoms with E-state index < -0.39 is 0 Å². The first-order valence-corrected chi connectivity index (χ1v) is 7.39. The molecule has 2 rings (SSSR count). The van der Waals surface area contributed by atoms with E-state index in [4.69, 9.17) is 0 Å². The third-order valence-electron chi connectivity index (χ3n) is 2.93. The Labute approximate surface area is 113 Å². The quantitative estimate of drug-likeness (QED) is 0.859. The molecule has 0 atom stereocenters. The lowest BCUT2D eigenvalue weighted by atomic mass is 10.1. The van der Waals surface area contributed by atoms with Gasteiger partial charge in [0.15, 0.2) is 0 Å². The molecule has 1 N–H and O–H groups in total. The number of hydrogen-bond donors (Lipinski definition) is 1. The number of benzene rings is 1. The molecule has 1 aromatic heterocycles. The monoisotopic (exact) mass is 260 g/mol. The summed E-state index contributed by atoms with van der Waals surface area (Å²) < 4.78 is 0. The molecular weight excluding hydrogens is 240 g/mol. The zero-order chi connectivity index (χ0) is 12.8. The van der Waals surface area contributed by atoms with E-state index >= 15 is 0 Å². The molecule has 3 heteroatoms. The maximum Gasteiger partial charge on any atom is 0.0945 e. The highest BCUT2D eigenvalue weighted by Gasteiger charge is 2.04. The first-order valence-electron chi connectivity index (χ1n) is 6.51. The minimum absolute atomic E-state index is 0.988. The van der Waals surface area contributed by atoms with Gasteiger partial charge in [-0.2, -0.15) is 0 Å². The molecule has 0 aliphatic carbocycles. The average molecular weight is 260 g/mol. The number of nitrogens with zero attached hydrogens (tertiary/aromatic N) is 1. The van der Waals surface area contributed by atoms with Gasteiger partial charge in [-0.05, 0) is 19.0 Å². The van der Waals surface area contributed by atoms with Gasteiger partial charge in [-0.1, -0.05) is 37.6 Å². The third-order valence-corrected chi connectivity index (χ3v) is 3.84. The molecule has 0 saturated heterocycles. The molecule has 0 spiro atoms. The topological polar surface area (TPSA) is 24.9 Å². The Hall–Kier alpha value is -1.19. The van der Waals surface area contributed by atoms with Gasteiger partial charge < -0.3 is 5.32 Å². The van der Waals surface area contributed by atoms with E-state index in [9.17, 15) is 0 Å². The summed E-state index contributed by atoms with van der Waals surface area (Å²) in [7, 11) is 1.97. The van der Waals surface area contributed by atoms with E-state index in [2.05, 4.69) is 46.9 Å². The number of aromatic nitrogens is 1. The third kappa shape index (κ3) is 3.40. The number of thiazole rings is 1. The molecule has 0 radical (unpaired) electrons. The number of rotatable bonds is 6. The van der Waals surface area contributed by atoms with E-state index in [-0.39, 0.29) is 0 Å². The molecule has 1 heterocycles. The number of aryl methyl sites for hydroxylation is 1. The van der Waals surface area contributed by atoms with Crippen LogP contribution in [-0.4, -0.2) is 18.6 Å². The fraction of sp³-hybridized carbons (Fsp3) is 0.400. The van der Waals surface area contributed by atoms with E-state index in [0.717, 1.165) is 25.1 Å². The first-order chi connectivity index (χ1) is 8.83. The second kappa shape index (κ2) is 6.66. The van der Waals surface area contributed by atoms with Crippen LogP contribution in [0.3, 0.4) is 0 Å². The Morgan fingerprint density at radius 2 is 1.94 bits per heavy atom. The van der Waals surface area contributed by atoms with Crippen LogP contribution in [0.25, 0.3) is 11.3 Å². The lowest BCUT2D eigenvalue weighted by Crippen LogP contribution is -2.09. The highest BCUT2D eigenvalue weighted by Crippen LogP contribution is 2.22. The fourth-order valence-electron chi connectivity index (χ4n) is 1.92. The minimum Gasteiger partial charge on any atom is -0.319 e. The molecule has 0 aliphatic rings. The van der Waals surface area contributed by atoms with E-state index in [1.807, 2.05) is 7.05 Å². The van der Waals surface area contributed by atoms with Gasteiger partial charge in [0, 0.05) is 23.9 Å². The van der Waals surface area contributed by atoms with Gasteiger partial charge in [-0.3, -0.25) is 0 Å². The molecule has 0 fully saturated rings. The maximum absolute atomic E-state index is 4.67. The van der Waals surface area contributed by atoms with Gasteiger partial charge in [0.05, 0.1) is 10.7 Å². The Morgan fingerprint density at radius 3 is 2.61 bits per heavy atom. The van der Waals surface area contributed by atoms with Crippen LogP contribution < -0.4 is 5.32 Å². The van der Waals surface area contributed by atoms with Crippen LogP contribution >= 0.6 is 11.3 Å². The van der Waals surface area contributed by atoms with Crippen molar-refractivity contribution in [3.05, 3.63) is 40.2 Å². The van der Waals surface area contributed by atoms with Crippen molar-refractivity contribution in [2.45, 2.75) is 26.2 Å². The largest absolute Gasteiger partial charge is 0.319 e. The van der Waals surface area contributed by atoms with Crippen molar-refractivity contribution in [1.82, 2.24) is 10.3 Å². The summed E-state index contributed by atoms with van der Waals surface area (Å²) in [6.45, 7) is 3.20. The lowest BCUT2D eigenvalue weighted by molar-refractivity contribution is 0.788. The average Bonchev–Trinajstić information content (AvgIpc) is 2.86. The summed E-state index contributed by atoms with van der Waals surface area (Å²) in [6.07, 6.45) is 3.37. The first kappa shape index (κ1) is 13.2. The predicted octanol–water partition coefficient (Wildman–Crippen LogP) is 3.52. The van der Waals surface area contributed by atoms with Crippen LogP contribution in [-0.2, 0) is 12.8 Å². The van der Waals surface area contributed by atoms with Gasteiger partial charge in [0.2, 0.25) is 0 Å². The standard InChI is InChI=1S/C15H20N2S/c1-3-4-12-5-7-13(8-6-12)14-11-18-15(17-14)9-10-16-2/h5-8,11,16H,3-4,9-10H2,1-2H3. The van der Waals surface area contributed by atoms with Crippen molar-refractivity contribution in [1.29, 1.82) is 0 Å². The summed E-state index contributed by atoms with van der Waals surface area (Å²) in [5.74, 6) is 0. The van der Waals surface area contributed by atoms with E-state index in [0.29, 0.717) is 0 Å². The second-order valence-electron chi connectivity index (χ2n) is 4.43. The summed E-state index contributed by atoms with van der Waals surface area (Å²) in [5, 5.41) is 6.51. The van der Waals surface area contributed by atoms with Crippen LogP contribution in [0, 0.1) is 0 Å². The fourth-order valence-corrected chi connectivity index (χ4v) is 2.73. The highest BCUT2D eigenvalue weighted by molar-refractivity contribution is 7.09. The summed E-state index contributed by atoms with van der Waals surface area (Å²) in [6, 6.07) is 8.79. The highest BCUT2D eigenvalue weighted by atomic mass is 32.1. The van der Waals surface area contributed by atoms with Crippen molar-refractivity contribution in [2.24, 2.45) is 0 Å². The van der Waals surface area contributed by atoms with Gasteiger partial charge in [-0.25, -0.2) is 4.98 Å². The van der Waals surface area contributed by atoms with Crippen molar-refractivity contribution < 1.29 is 0 Å². The molecule has 0 aliphatic heterocycles. The second-order valence-corrected chi connectivity index (χ2v) is 5.37. The summed E-state index contributed by atoms with van der Waals surface area (Å²) in [4.78, 5) is 4.67. The Morgan fingerprint density at radius 1 is 1.17 bits per heavy atom. The molecule has 0 unspecified atom stereocenters. The van der Waals surface area contributed by atoms with Crippen molar-refractivity contribution in [3.8, 4) is 11.3 Å². The Kier molecular flexibility index (Phi) is 4.90. The Balaban J connectivity index is 2.08.